The van der Waals surface area contributed by atoms with E-state index in [1.807, 2.05) is 13.8 Å². The summed E-state index contributed by atoms with van der Waals surface area (Å²) in [5.74, 6) is 0. The normalized spacial score (nSPS) is 8.80. The number of methoxy groups -OCH3 is 1. The monoisotopic (exact) mass is 219 g/mol. The summed E-state index contributed by atoms with van der Waals surface area (Å²) in [7, 11) is 3.89. The molecule has 0 N–H and O–H groups in total. The maximum Gasteiger partial charge on any atom is 0.0459 e. The minimum atomic E-state index is 0.889. The largest absolute Gasteiger partial charge is 0.385 e. The Balaban J connectivity index is -0.000000177. The van der Waals surface area contributed by atoms with Crippen molar-refractivity contribution in [1.82, 2.24) is 4.90 Å². The quantitative estimate of drug-likeness (QED) is 0.673. The summed E-state index contributed by atoms with van der Waals surface area (Å²) in [6, 6.07) is 0. The van der Waals surface area contributed by atoms with Gasteiger partial charge in [0.1, 0.15) is 0 Å². The third kappa shape index (κ3) is 31.5. The predicted octanol–water partition coefficient (Wildman–Crippen LogP) is 3.81. The van der Waals surface area contributed by atoms with E-state index < -0.39 is 0 Å². The van der Waals surface area contributed by atoms with E-state index >= 15 is 0 Å². The Bertz CT molecular complexity index is 68.9. The molecule has 0 fully saturated rings. The van der Waals surface area contributed by atoms with Gasteiger partial charge in [-0.15, -0.1) is 0 Å². The van der Waals surface area contributed by atoms with E-state index in [1.54, 1.807) is 7.11 Å². The SMILES string of the molecule is CC.CCCN(C)CCC.CCCOC. The second kappa shape index (κ2) is 23.6. The van der Waals surface area contributed by atoms with Crippen molar-refractivity contribution in [3.63, 3.8) is 0 Å². The standard InChI is InChI=1S/C7H17N.C4H10O.C2H6/c1-4-6-8(3)7-5-2;1-3-4-5-2;1-2/h4-7H2,1-3H3;3-4H2,1-2H3;1-2H3. The fraction of sp³-hybridized carbons (Fsp3) is 1.00. The predicted molar refractivity (Wildman–Crippen MR) is 71.6 cm³/mol. The lowest BCUT2D eigenvalue weighted by atomic mass is 10.4. The van der Waals surface area contributed by atoms with E-state index in [4.69, 9.17) is 4.74 Å². The van der Waals surface area contributed by atoms with E-state index in [0.717, 1.165) is 13.0 Å². The van der Waals surface area contributed by atoms with Crippen LogP contribution in [0.25, 0.3) is 0 Å². The van der Waals surface area contributed by atoms with Crippen molar-refractivity contribution in [2.75, 3.05) is 33.9 Å². The Morgan fingerprint density at radius 1 is 0.867 bits per heavy atom. The highest BCUT2D eigenvalue weighted by molar-refractivity contribution is 4.45. The van der Waals surface area contributed by atoms with Crippen LogP contribution in [-0.2, 0) is 4.74 Å². The zero-order valence-electron chi connectivity index (χ0n) is 12.1. The van der Waals surface area contributed by atoms with Gasteiger partial charge in [0.25, 0.3) is 0 Å². The van der Waals surface area contributed by atoms with Crippen molar-refractivity contribution >= 4 is 0 Å². The molecule has 0 aromatic rings. The molecule has 2 heteroatoms. The molecule has 0 saturated heterocycles. The van der Waals surface area contributed by atoms with Gasteiger partial charge >= 0.3 is 0 Å². The highest BCUT2D eigenvalue weighted by Crippen LogP contribution is 1.86. The van der Waals surface area contributed by atoms with Gasteiger partial charge in [-0.3, -0.25) is 0 Å². The second-order valence-corrected chi connectivity index (χ2v) is 3.30. The molecule has 0 spiro atoms. The highest BCUT2D eigenvalue weighted by atomic mass is 16.5. The Morgan fingerprint density at radius 2 is 1.27 bits per heavy atom. The molecule has 0 rings (SSSR count). The third-order valence-electron chi connectivity index (χ3n) is 1.62. The average molecular weight is 219 g/mol. The molecular weight excluding hydrogens is 186 g/mol. The van der Waals surface area contributed by atoms with Crippen LogP contribution in [0.4, 0.5) is 0 Å². The van der Waals surface area contributed by atoms with E-state index in [-0.39, 0.29) is 0 Å². The first-order valence-corrected chi connectivity index (χ1v) is 6.40. The van der Waals surface area contributed by atoms with Gasteiger partial charge in [-0.1, -0.05) is 34.6 Å². The molecule has 0 atom stereocenters. The molecule has 0 amide bonds. The first kappa shape index (κ1) is 20.3. The summed E-state index contributed by atoms with van der Waals surface area (Å²) < 4.78 is 4.69. The number of hydrogen-bond acceptors (Lipinski definition) is 2. The molecule has 0 bridgehead atoms. The van der Waals surface area contributed by atoms with Crippen LogP contribution < -0.4 is 0 Å². The molecular formula is C13H33NO. The maximum absolute atomic E-state index is 4.69. The van der Waals surface area contributed by atoms with Crippen molar-refractivity contribution in [2.45, 2.75) is 53.9 Å². The van der Waals surface area contributed by atoms with E-state index in [0.29, 0.717) is 0 Å². The van der Waals surface area contributed by atoms with Crippen molar-refractivity contribution < 1.29 is 4.74 Å². The Hall–Kier alpha value is -0.0800. The van der Waals surface area contributed by atoms with Crippen LogP contribution in [0, 0.1) is 0 Å². The molecule has 0 unspecified atom stereocenters. The Kier molecular flexibility index (Phi) is 32.0. The third-order valence-corrected chi connectivity index (χ3v) is 1.62. The number of ether oxygens (including phenoxy) is 1. The lowest BCUT2D eigenvalue weighted by molar-refractivity contribution is 0.199. The molecule has 0 aliphatic carbocycles. The molecule has 0 aliphatic heterocycles. The Labute approximate surface area is 98.0 Å². The number of nitrogens with zero attached hydrogens (tertiary/aromatic N) is 1. The van der Waals surface area contributed by atoms with Crippen LogP contribution >= 0.6 is 0 Å². The molecule has 96 valence electrons. The second-order valence-electron chi connectivity index (χ2n) is 3.30. The lowest BCUT2D eigenvalue weighted by Gasteiger charge is -2.12. The fourth-order valence-electron chi connectivity index (χ4n) is 1.08. The van der Waals surface area contributed by atoms with Crippen LogP contribution in [0.15, 0.2) is 0 Å². The van der Waals surface area contributed by atoms with Crippen LogP contribution in [0.1, 0.15) is 53.9 Å². The summed E-state index contributed by atoms with van der Waals surface area (Å²) in [5.41, 5.74) is 0. The van der Waals surface area contributed by atoms with Crippen molar-refractivity contribution in [2.24, 2.45) is 0 Å². The van der Waals surface area contributed by atoms with E-state index in [1.165, 1.54) is 25.9 Å². The molecule has 0 saturated carbocycles. The highest BCUT2D eigenvalue weighted by Gasteiger charge is 1.90. The van der Waals surface area contributed by atoms with Gasteiger partial charge in [0.05, 0.1) is 0 Å². The van der Waals surface area contributed by atoms with Crippen LogP contribution in [0.2, 0.25) is 0 Å². The van der Waals surface area contributed by atoms with Crippen LogP contribution in [0.5, 0.6) is 0 Å². The maximum atomic E-state index is 4.69. The van der Waals surface area contributed by atoms with Gasteiger partial charge < -0.3 is 9.64 Å². The molecule has 0 radical (unpaired) electrons. The van der Waals surface area contributed by atoms with Gasteiger partial charge in [0.15, 0.2) is 0 Å². The number of rotatable bonds is 6. The molecule has 2 nitrogen and oxygen atoms in total. The summed E-state index contributed by atoms with van der Waals surface area (Å²) in [4.78, 5) is 2.36. The van der Waals surface area contributed by atoms with Crippen molar-refractivity contribution in [1.29, 1.82) is 0 Å². The summed E-state index contributed by atoms with van der Waals surface area (Å²) in [6.45, 7) is 13.9. The summed E-state index contributed by atoms with van der Waals surface area (Å²) >= 11 is 0. The summed E-state index contributed by atoms with van der Waals surface area (Å²) in [6.07, 6.45) is 3.67. The molecule has 15 heavy (non-hydrogen) atoms. The molecule has 0 heterocycles. The van der Waals surface area contributed by atoms with Gasteiger partial charge in [-0.05, 0) is 39.4 Å². The average Bonchev–Trinajstić information content (AvgIpc) is 2.24. The minimum Gasteiger partial charge on any atom is -0.385 e. The fourth-order valence-corrected chi connectivity index (χ4v) is 1.08. The van der Waals surface area contributed by atoms with E-state index in [9.17, 15) is 0 Å². The van der Waals surface area contributed by atoms with E-state index in [2.05, 4.69) is 32.7 Å². The smallest absolute Gasteiger partial charge is 0.0459 e. The van der Waals surface area contributed by atoms with Gasteiger partial charge in [0, 0.05) is 13.7 Å². The first-order valence-electron chi connectivity index (χ1n) is 6.40. The number of hydrogen-bond donors (Lipinski definition) is 0. The lowest BCUT2D eigenvalue weighted by Crippen LogP contribution is -2.19. The zero-order chi connectivity index (χ0) is 12.5. The van der Waals surface area contributed by atoms with Crippen LogP contribution in [-0.4, -0.2) is 38.8 Å². The van der Waals surface area contributed by atoms with Gasteiger partial charge in [-0.2, -0.15) is 0 Å². The summed E-state index contributed by atoms with van der Waals surface area (Å²) in [5, 5.41) is 0. The van der Waals surface area contributed by atoms with Crippen molar-refractivity contribution in [3.8, 4) is 0 Å². The van der Waals surface area contributed by atoms with Crippen LogP contribution in [0.3, 0.4) is 0 Å². The van der Waals surface area contributed by atoms with Gasteiger partial charge in [0.2, 0.25) is 0 Å². The zero-order valence-corrected chi connectivity index (χ0v) is 12.1. The molecule has 0 aliphatic rings. The van der Waals surface area contributed by atoms with Gasteiger partial charge in [-0.25, -0.2) is 0 Å². The molecule has 0 aromatic carbocycles. The topological polar surface area (TPSA) is 12.5 Å². The Morgan fingerprint density at radius 3 is 1.40 bits per heavy atom. The minimum absolute atomic E-state index is 0.889. The molecule has 0 aromatic heterocycles. The first-order chi connectivity index (χ1) is 7.22. The van der Waals surface area contributed by atoms with Crippen molar-refractivity contribution in [3.05, 3.63) is 0 Å².